The van der Waals surface area contributed by atoms with E-state index in [1.165, 1.54) is 0 Å². The number of aliphatic carboxylic acids is 1. The molecule has 1 saturated heterocycles. The summed E-state index contributed by atoms with van der Waals surface area (Å²) in [7, 11) is 0. The first-order chi connectivity index (χ1) is 13.5. The van der Waals surface area contributed by atoms with Crippen molar-refractivity contribution in [1.29, 1.82) is 0 Å². The molecule has 8 heteroatoms. The van der Waals surface area contributed by atoms with Crippen LogP contribution in [0.2, 0.25) is 0 Å². The van der Waals surface area contributed by atoms with Crippen molar-refractivity contribution in [2.24, 2.45) is 28.6 Å². The highest BCUT2D eigenvalue weighted by Gasteiger charge is 2.64. The lowest BCUT2D eigenvalue weighted by molar-refractivity contribution is -0.285. The van der Waals surface area contributed by atoms with Crippen molar-refractivity contribution in [2.45, 2.75) is 77.2 Å². The van der Waals surface area contributed by atoms with Gasteiger partial charge in [-0.25, -0.2) is 9.59 Å². The van der Waals surface area contributed by atoms with E-state index >= 15 is 0 Å². The van der Waals surface area contributed by atoms with Gasteiger partial charge in [-0.3, -0.25) is 0 Å². The SMILES string of the molecule is CC1CC[C@H]2C(C(=O)O[C@H]3O[C@H](C(=O)O)[C@@H](O)[C@H](O)[C@H]3O)=C[C@@H]3CC(C)(C)CC132. The third-order valence-corrected chi connectivity index (χ3v) is 7.73. The Hall–Kier alpha value is -1.48. The van der Waals surface area contributed by atoms with Crippen LogP contribution in [0.1, 0.15) is 46.5 Å². The van der Waals surface area contributed by atoms with Crippen LogP contribution < -0.4 is 0 Å². The van der Waals surface area contributed by atoms with E-state index in [-0.39, 0.29) is 16.7 Å². The molecule has 9 atom stereocenters. The molecule has 29 heavy (non-hydrogen) atoms. The largest absolute Gasteiger partial charge is 0.479 e. The van der Waals surface area contributed by atoms with Crippen molar-refractivity contribution in [3.63, 3.8) is 0 Å². The molecule has 4 aliphatic rings. The van der Waals surface area contributed by atoms with Crippen molar-refractivity contribution >= 4 is 11.9 Å². The first-order valence-electron chi connectivity index (χ1n) is 10.3. The van der Waals surface area contributed by atoms with Crippen LogP contribution in [-0.4, -0.2) is 63.1 Å². The van der Waals surface area contributed by atoms with E-state index in [1.807, 2.05) is 6.08 Å². The molecule has 0 bridgehead atoms. The third-order valence-electron chi connectivity index (χ3n) is 7.73. The van der Waals surface area contributed by atoms with E-state index in [4.69, 9.17) is 14.6 Å². The van der Waals surface area contributed by atoms with E-state index in [9.17, 15) is 24.9 Å². The number of aliphatic hydroxyl groups is 3. The topological polar surface area (TPSA) is 134 Å². The lowest BCUT2D eigenvalue weighted by atomic mass is 9.67. The predicted octanol–water partition coefficient (Wildman–Crippen LogP) is 0.830. The zero-order valence-electron chi connectivity index (χ0n) is 16.9. The minimum atomic E-state index is -1.82. The quantitative estimate of drug-likeness (QED) is 0.503. The van der Waals surface area contributed by atoms with Crippen LogP contribution in [0.5, 0.6) is 0 Å². The average Bonchev–Trinajstić information content (AvgIpc) is 3.19. The van der Waals surface area contributed by atoms with E-state index in [0.29, 0.717) is 17.4 Å². The number of carboxylic acid groups (broad SMARTS) is 1. The summed E-state index contributed by atoms with van der Waals surface area (Å²) in [5.41, 5.74) is 0.826. The number of hydrogen-bond donors (Lipinski definition) is 4. The summed E-state index contributed by atoms with van der Waals surface area (Å²) in [5.74, 6) is -1.30. The van der Waals surface area contributed by atoms with Crippen LogP contribution in [0.25, 0.3) is 0 Å². The maximum Gasteiger partial charge on any atom is 0.336 e. The van der Waals surface area contributed by atoms with Crippen molar-refractivity contribution in [3.05, 3.63) is 11.6 Å². The van der Waals surface area contributed by atoms with Gasteiger partial charge in [-0.2, -0.15) is 0 Å². The number of esters is 1. The van der Waals surface area contributed by atoms with Gasteiger partial charge in [-0.05, 0) is 54.3 Å². The zero-order valence-corrected chi connectivity index (χ0v) is 16.9. The highest BCUT2D eigenvalue weighted by molar-refractivity contribution is 5.90. The van der Waals surface area contributed by atoms with Crippen molar-refractivity contribution in [1.82, 2.24) is 0 Å². The van der Waals surface area contributed by atoms with E-state index in [2.05, 4.69) is 20.8 Å². The summed E-state index contributed by atoms with van der Waals surface area (Å²) >= 11 is 0. The molecule has 2 unspecified atom stereocenters. The van der Waals surface area contributed by atoms with E-state index in [1.54, 1.807) is 0 Å². The second-order valence-electron chi connectivity index (χ2n) is 10.1. The summed E-state index contributed by atoms with van der Waals surface area (Å²) in [5, 5.41) is 39.0. The molecule has 1 spiro atoms. The van der Waals surface area contributed by atoms with Gasteiger partial charge in [0.25, 0.3) is 0 Å². The summed E-state index contributed by atoms with van der Waals surface area (Å²) in [6.45, 7) is 6.78. The zero-order chi connectivity index (χ0) is 21.3. The smallest absolute Gasteiger partial charge is 0.336 e. The first kappa shape index (κ1) is 20.8. The Labute approximate surface area is 169 Å². The van der Waals surface area contributed by atoms with Crippen LogP contribution in [0.3, 0.4) is 0 Å². The van der Waals surface area contributed by atoms with Gasteiger partial charge < -0.3 is 29.9 Å². The van der Waals surface area contributed by atoms with Gasteiger partial charge in [-0.1, -0.05) is 26.8 Å². The lowest BCUT2D eigenvalue weighted by Gasteiger charge is -2.39. The predicted molar refractivity (Wildman–Crippen MR) is 99.3 cm³/mol. The van der Waals surface area contributed by atoms with E-state index < -0.39 is 42.6 Å². The van der Waals surface area contributed by atoms with Crippen LogP contribution in [0, 0.1) is 28.6 Å². The summed E-state index contributed by atoms with van der Waals surface area (Å²) in [4.78, 5) is 24.2. The highest BCUT2D eigenvalue weighted by Crippen LogP contribution is 2.70. The van der Waals surface area contributed by atoms with Gasteiger partial charge in [-0.15, -0.1) is 0 Å². The van der Waals surface area contributed by atoms with Crippen molar-refractivity contribution < 1.29 is 39.5 Å². The molecule has 4 rings (SSSR count). The van der Waals surface area contributed by atoms with Gasteiger partial charge in [0.05, 0.1) is 0 Å². The van der Waals surface area contributed by atoms with E-state index in [0.717, 1.165) is 25.7 Å². The molecule has 0 amide bonds. The maximum atomic E-state index is 13.0. The van der Waals surface area contributed by atoms with Gasteiger partial charge in [0.2, 0.25) is 6.29 Å². The Morgan fingerprint density at radius 3 is 2.48 bits per heavy atom. The normalized spacial score (nSPS) is 48.0. The van der Waals surface area contributed by atoms with Crippen molar-refractivity contribution in [2.75, 3.05) is 0 Å². The fraction of sp³-hybridized carbons (Fsp3) is 0.810. The number of allylic oxidation sites excluding steroid dienone is 1. The Kier molecular flexibility index (Phi) is 4.85. The van der Waals surface area contributed by atoms with Gasteiger partial charge >= 0.3 is 11.9 Å². The molecule has 1 heterocycles. The van der Waals surface area contributed by atoms with Crippen LogP contribution in [0.15, 0.2) is 11.6 Å². The van der Waals surface area contributed by atoms with Gasteiger partial charge in [0.15, 0.2) is 6.10 Å². The van der Waals surface area contributed by atoms with Gasteiger partial charge in [0.1, 0.15) is 18.3 Å². The number of carbonyl (C=O) groups is 2. The Morgan fingerprint density at radius 1 is 1.14 bits per heavy atom. The molecule has 3 fully saturated rings. The minimum absolute atomic E-state index is 0.0448. The van der Waals surface area contributed by atoms with Crippen LogP contribution in [-0.2, 0) is 19.1 Å². The number of carboxylic acids is 1. The number of aliphatic hydroxyl groups excluding tert-OH is 3. The lowest BCUT2D eigenvalue weighted by Crippen LogP contribution is -2.60. The van der Waals surface area contributed by atoms with Gasteiger partial charge in [0, 0.05) is 5.57 Å². The fourth-order valence-electron chi connectivity index (χ4n) is 6.56. The molecule has 4 N–H and O–H groups in total. The highest BCUT2D eigenvalue weighted by atomic mass is 16.7. The molecule has 0 aromatic carbocycles. The molecule has 0 aromatic rings. The molecule has 0 aromatic heterocycles. The van der Waals surface area contributed by atoms with Crippen LogP contribution >= 0.6 is 0 Å². The number of rotatable bonds is 3. The number of ether oxygens (including phenoxy) is 2. The molecule has 0 radical (unpaired) electrons. The third kappa shape index (κ3) is 3.03. The van der Waals surface area contributed by atoms with Crippen LogP contribution in [0.4, 0.5) is 0 Å². The number of carbonyl (C=O) groups excluding carboxylic acids is 1. The summed E-state index contributed by atoms with van der Waals surface area (Å²) < 4.78 is 10.4. The Morgan fingerprint density at radius 2 is 1.83 bits per heavy atom. The molecule has 162 valence electrons. The summed E-state index contributed by atoms with van der Waals surface area (Å²) in [6, 6.07) is 0. The maximum absolute atomic E-state index is 13.0. The second-order valence-corrected chi connectivity index (χ2v) is 10.1. The first-order valence-corrected chi connectivity index (χ1v) is 10.3. The second kappa shape index (κ2) is 6.77. The Bertz CT molecular complexity index is 745. The monoisotopic (exact) mass is 410 g/mol. The molecule has 1 aliphatic heterocycles. The molecule has 3 aliphatic carbocycles. The molecular weight excluding hydrogens is 380 g/mol. The van der Waals surface area contributed by atoms with Crippen molar-refractivity contribution in [3.8, 4) is 0 Å². The minimum Gasteiger partial charge on any atom is -0.479 e. The standard InChI is InChI=1S/C21H30O8/c1-9-4-5-12-11(6-10-7-20(2,3)8-21(9,10)12)18(27)29-19-15(24)13(22)14(23)16(28-19)17(25)26/h6,9-10,12-16,19,22-24H,4-5,7-8H2,1-3H3,(H,25,26)/t9?,10-,12+,13+,14+,15-,16+,19-,21?/m1/s1. The fourth-order valence-corrected chi connectivity index (χ4v) is 6.56. The number of hydrogen-bond acceptors (Lipinski definition) is 7. The molecular formula is C21H30O8. The molecule has 8 nitrogen and oxygen atoms in total. The summed E-state index contributed by atoms with van der Waals surface area (Å²) in [6.07, 6.45) is -2.82. The Balaban J connectivity index is 1.54. The molecule has 2 saturated carbocycles. The average molecular weight is 410 g/mol.